The zero-order chi connectivity index (χ0) is 19.2. The summed E-state index contributed by atoms with van der Waals surface area (Å²) in [6.07, 6.45) is 0. The number of ether oxygens (including phenoxy) is 1. The molecule has 0 aliphatic heterocycles. The van der Waals surface area contributed by atoms with Crippen LogP contribution in [0.5, 0.6) is 5.75 Å². The van der Waals surface area contributed by atoms with E-state index in [-0.39, 0.29) is 5.78 Å². The van der Waals surface area contributed by atoms with Crippen molar-refractivity contribution in [1.82, 2.24) is 4.90 Å². The fourth-order valence-corrected chi connectivity index (χ4v) is 3.16. The minimum Gasteiger partial charge on any atom is -0.488 e. The predicted octanol–water partition coefficient (Wildman–Crippen LogP) is 5.44. The first-order valence-corrected chi connectivity index (χ1v) is 9.57. The summed E-state index contributed by atoms with van der Waals surface area (Å²) in [5, 5.41) is 0. The standard InChI is InChI=1S/C23H22BrNO2/c1-25(2)15-22(26)21-14-20(24)12-13-23(21)27-16-17-8-10-19(11-9-17)18-6-4-3-5-7-18/h3-14H,15-16H2,1-2H3. The second kappa shape index (κ2) is 8.98. The third-order valence-corrected chi connectivity index (χ3v) is 4.65. The molecule has 0 saturated carbocycles. The minimum absolute atomic E-state index is 0.0377. The number of rotatable bonds is 7. The van der Waals surface area contributed by atoms with Crippen molar-refractivity contribution in [2.45, 2.75) is 6.61 Å². The summed E-state index contributed by atoms with van der Waals surface area (Å²) >= 11 is 3.44. The average molecular weight is 424 g/mol. The molecule has 3 rings (SSSR count). The highest BCUT2D eigenvalue weighted by Crippen LogP contribution is 2.25. The Balaban J connectivity index is 1.72. The first-order chi connectivity index (χ1) is 13.0. The second-order valence-electron chi connectivity index (χ2n) is 6.65. The monoisotopic (exact) mass is 423 g/mol. The Kier molecular flexibility index (Phi) is 6.43. The van der Waals surface area contributed by atoms with Crippen LogP contribution in [0.25, 0.3) is 11.1 Å². The molecule has 0 aliphatic carbocycles. The van der Waals surface area contributed by atoms with E-state index >= 15 is 0 Å². The smallest absolute Gasteiger partial charge is 0.180 e. The van der Waals surface area contributed by atoms with Crippen LogP contribution in [0.1, 0.15) is 15.9 Å². The Hall–Kier alpha value is -2.43. The van der Waals surface area contributed by atoms with Crippen LogP contribution < -0.4 is 4.74 Å². The van der Waals surface area contributed by atoms with Crippen molar-refractivity contribution in [3.8, 4) is 16.9 Å². The van der Waals surface area contributed by atoms with Gasteiger partial charge in [0.1, 0.15) is 12.4 Å². The van der Waals surface area contributed by atoms with E-state index in [0.717, 1.165) is 10.0 Å². The van der Waals surface area contributed by atoms with Gasteiger partial charge in [0.15, 0.2) is 5.78 Å². The lowest BCUT2D eigenvalue weighted by atomic mass is 10.0. The average Bonchev–Trinajstić information content (AvgIpc) is 2.67. The molecular formula is C23H22BrNO2. The van der Waals surface area contributed by atoms with Crippen LogP contribution in [0, 0.1) is 0 Å². The number of hydrogen-bond acceptors (Lipinski definition) is 3. The van der Waals surface area contributed by atoms with E-state index in [0.29, 0.717) is 24.5 Å². The van der Waals surface area contributed by atoms with Crippen LogP contribution in [-0.4, -0.2) is 31.3 Å². The van der Waals surface area contributed by atoms with Crippen LogP contribution in [0.2, 0.25) is 0 Å². The molecule has 0 unspecified atom stereocenters. The van der Waals surface area contributed by atoms with Crippen molar-refractivity contribution in [1.29, 1.82) is 0 Å². The van der Waals surface area contributed by atoms with E-state index in [1.165, 1.54) is 11.1 Å². The summed E-state index contributed by atoms with van der Waals surface area (Å²) in [5.74, 6) is 0.646. The van der Waals surface area contributed by atoms with Gasteiger partial charge in [0.2, 0.25) is 0 Å². The van der Waals surface area contributed by atoms with Gasteiger partial charge in [0.05, 0.1) is 12.1 Å². The van der Waals surface area contributed by atoms with Crippen molar-refractivity contribution in [3.05, 3.63) is 88.4 Å². The zero-order valence-corrected chi connectivity index (χ0v) is 17.1. The molecule has 3 aromatic carbocycles. The highest BCUT2D eigenvalue weighted by atomic mass is 79.9. The number of Topliss-reactive ketones (excluding diaryl/α,β-unsaturated/α-hetero) is 1. The molecule has 138 valence electrons. The van der Waals surface area contributed by atoms with E-state index in [9.17, 15) is 4.79 Å². The number of halogens is 1. The lowest BCUT2D eigenvalue weighted by molar-refractivity contribution is 0.0953. The minimum atomic E-state index is 0.0377. The molecule has 0 spiro atoms. The molecule has 3 nitrogen and oxygen atoms in total. The van der Waals surface area contributed by atoms with Crippen LogP contribution in [-0.2, 0) is 6.61 Å². The van der Waals surface area contributed by atoms with Gasteiger partial charge in [-0.1, -0.05) is 70.5 Å². The topological polar surface area (TPSA) is 29.5 Å². The maximum atomic E-state index is 12.5. The molecule has 0 aromatic heterocycles. The SMILES string of the molecule is CN(C)CC(=O)c1cc(Br)ccc1OCc1ccc(-c2ccccc2)cc1. The first-order valence-electron chi connectivity index (χ1n) is 8.77. The maximum Gasteiger partial charge on any atom is 0.180 e. The Morgan fingerprint density at radius 2 is 1.59 bits per heavy atom. The van der Waals surface area contributed by atoms with Gasteiger partial charge in [-0.15, -0.1) is 0 Å². The summed E-state index contributed by atoms with van der Waals surface area (Å²) < 4.78 is 6.83. The number of likely N-dealkylation sites (N-methyl/N-ethyl adjacent to an activating group) is 1. The van der Waals surface area contributed by atoms with Gasteiger partial charge in [-0.05, 0) is 49.0 Å². The fourth-order valence-electron chi connectivity index (χ4n) is 2.80. The van der Waals surface area contributed by atoms with Gasteiger partial charge in [0, 0.05) is 4.47 Å². The molecule has 0 aliphatic rings. The predicted molar refractivity (Wildman–Crippen MR) is 113 cm³/mol. The van der Waals surface area contributed by atoms with E-state index in [1.54, 1.807) is 0 Å². The van der Waals surface area contributed by atoms with E-state index in [1.807, 2.05) is 55.4 Å². The molecule has 0 amide bonds. The molecule has 0 atom stereocenters. The molecule has 0 N–H and O–H groups in total. The fraction of sp³-hybridized carbons (Fsp3) is 0.174. The van der Waals surface area contributed by atoms with Gasteiger partial charge in [-0.25, -0.2) is 0 Å². The zero-order valence-electron chi connectivity index (χ0n) is 15.5. The number of nitrogens with zero attached hydrogens (tertiary/aromatic N) is 1. The highest BCUT2D eigenvalue weighted by Gasteiger charge is 2.14. The molecule has 0 saturated heterocycles. The van der Waals surface area contributed by atoms with E-state index in [4.69, 9.17) is 4.74 Å². The highest BCUT2D eigenvalue weighted by molar-refractivity contribution is 9.10. The quantitative estimate of drug-likeness (QED) is 0.473. The van der Waals surface area contributed by atoms with Gasteiger partial charge >= 0.3 is 0 Å². The lowest BCUT2D eigenvalue weighted by Gasteiger charge is -2.14. The van der Waals surface area contributed by atoms with Crippen LogP contribution in [0.3, 0.4) is 0 Å². The van der Waals surface area contributed by atoms with Gasteiger partial charge in [-0.3, -0.25) is 4.79 Å². The third-order valence-electron chi connectivity index (χ3n) is 4.16. The van der Waals surface area contributed by atoms with Crippen molar-refractivity contribution in [2.75, 3.05) is 20.6 Å². The second-order valence-corrected chi connectivity index (χ2v) is 7.57. The molecule has 4 heteroatoms. The summed E-state index contributed by atoms with van der Waals surface area (Å²) in [5.41, 5.74) is 4.02. The maximum absolute atomic E-state index is 12.5. The van der Waals surface area contributed by atoms with Gasteiger partial charge < -0.3 is 9.64 Å². The van der Waals surface area contributed by atoms with Crippen molar-refractivity contribution in [2.24, 2.45) is 0 Å². The Morgan fingerprint density at radius 3 is 2.26 bits per heavy atom. The molecule has 0 bridgehead atoms. The van der Waals surface area contributed by atoms with Crippen molar-refractivity contribution >= 4 is 21.7 Å². The summed E-state index contributed by atoms with van der Waals surface area (Å²) in [6.45, 7) is 0.761. The normalized spacial score (nSPS) is 10.8. The van der Waals surface area contributed by atoms with Crippen LogP contribution in [0.15, 0.2) is 77.3 Å². The van der Waals surface area contributed by atoms with Crippen LogP contribution >= 0.6 is 15.9 Å². The Bertz CT molecular complexity index is 905. The lowest BCUT2D eigenvalue weighted by Crippen LogP contribution is -2.22. The number of ketones is 1. The number of carbonyl (C=O) groups excluding carboxylic acids is 1. The Labute approximate surface area is 168 Å². The number of hydrogen-bond donors (Lipinski definition) is 0. The Morgan fingerprint density at radius 1 is 0.926 bits per heavy atom. The van der Waals surface area contributed by atoms with E-state index in [2.05, 4.69) is 52.3 Å². The summed E-state index contributed by atoms with van der Waals surface area (Å²) in [6, 6.07) is 24.1. The molecule has 27 heavy (non-hydrogen) atoms. The molecule has 0 fully saturated rings. The molecular weight excluding hydrogens is 402 g/mol. The third kappa shape index (κ3) is 5.28. The molecule has 3 aromatic rings. The van der Waals surface area contributed by atoms with Crippen molar-refractivity contribution in [3.63, 3.8) is 0 Å². The summed E-state index contributed by atoms with van der Waals surface area (Å²) in [4.78, 5) is 14.4. The van der Waals surface area contributed by atoms with Gasteiger partial charge in [0.25, 0.3) is 0 Å². The largest absolute Gasteiger partial charge is 0.488 e. The van der Waals surface area contributed by atoms with Gasteiger partial charge in [-0.2, -0.15) is 0 Å². The first kappa shape index (κ1) is 19.3. The van der Waals surface area contributed by atoms with E-state index < -0.39 is 0 Å². The van der Waals surface area contributed by atoms with Crippen molar-refractivity contribution < 1.29 is 9.53 Å². The number of benzene rings is 3. The van der Waals surface area contributed by atoms with Crippen LogP contribution in [0.4, 0.5) is 0 Å². The molecule has 0 heterocycles. The number of carbonyl (C=O) groups is 1. The summed E-state index contributed by atoms with van der Waals surface area (Å²) in [7, 11) is 3.76. The molecule has 0 radical (unpaired) electrons.